The van der Waals surface area contributed by atoms with Crippen LogP contribution in [0.1, 0.15) is 5.56 Å². The average molecular weight is 197 g/mol. The van der Waals surface area contributed by atoms with Crippen molar-refractivity contribution < 1.29 is 4.74 Å². The van der Waals surface area contributed by atoms with E-state index in [1.54, 1.807) is 0 Å². The van der Waals surface area contributed by atoms with Crippen molar-refractivity contribution in [3.8, 4) is 5.75 Å². The first kappa shape index (κ1) is 6.23. The molecule has 1 aromatic rings. The van der Waals surface area contributed by atoms with Gasteiger partial charge in [-0.1, -0.05) is 15.9 Å². The minimum atomic E-state index is 0.800. The molecule has 50 valence electrons. The van der Waals surface area contributed by atoms with Gasteiger partial charge < -0.3 is 4.74 Å². The monoisotopic (exact) mass is 196 g/mol. The van der Waals surface area contributed by atoms with Crippen LogP contribution in [0.2, 0.25) is 0 Å². The smallest absolute Gasteiger partial charge is 0.201 e. The van der Waals surface area contributed by atoms with Crippen molar-refractivity contribution in [2.24, 2.45) is 0 Å². The highest BCUT2D eigenvalue weighted by Crippen LogP contribution is 2.29. The maximum atomic E-state index is 5.08. The van der Waals surface area contributed by atoms with E-state index in [1.165, 1.54) is 5.56 Å². The lowest BCUT2D eigenvalue weighted by atomic mass is 10.2. The van der Waals surface area contributed by atoms with Crippen LogP contribution in [0, 0.1) is 6.61 Å². The second kappa shape index (κ2) is 2.27. The minimum Gasteiger partial charge on any atom is -0.478 e. The zero-order chi connectivity index (χ0) is 6.97. The summed E-state index contributed by atoms with van der Waals surface area (Å²) >= 11 is 3.38. The van der Waals surface area contributed by atoms with Gasteiger partial charge in [0.15, 0.2) is 0 Å². The Morgan fingerprint density at radius 1 is 1.50 bits per heavy atom. The molecule has 1 heterocycles. The molecule has 0 unspecified atom stereocenters. The molecule has 0 atom stereocenters. The second-order valence-electron chi connectivity index (χ2n) is 2.18. The van der Waals surface area contributed by atoms with E-state index in [0.29, 0.717) is 0 Å². The van der Waals surface area contributed by atoms with Crippen LogP contribution in [0.5, 0.6) is 5.75 Å². The Hall–Kier alpha value is -0.500. The predicted molar refractivity (Wildman–Crippen MR) is 41.7 cm³/mol. The zero-order valence-corrected chi connectivity index (χ0v) is 6.81. The third-order valence-electron chi connectivity index (χ3n) is 1.47. The molecule has 0 aliphatic carbocycles. The highest BCUT2D eigenvalue weighted by molar-refractivity contribution is 9.10. The SMILES string of the molecule is Brc1ccc2c(c1)C[C]O2. The number of halogens is 1. The van der Waals surface area contributed by atoms with Crippen molar-refractivity contribution in [2.75, 3.05) is 0 Å². The minimum absolute atomic E-state index is 0.800. The van der Waals surface area contributed by atoms with E-state index >= 15 is 0 Å². The van der Waals surface area contributed by atoms with Crippen LogP contribution in [-0.2, 0) is 6.42 Å². The third-order valence-corrected chi connectivity index (χ3v) is 1.96. The van der Waals surface area contributed by atoms with E-state index in [2.05, 4.69) is 28.6 Å². The van der Waals surface area contributed by atoms with Gasteiger partial charge >= 0.3 is 0 Å². The molecule has 0 saturated heterocycles. The molecule has 0 fully saturated rings. The summed E-state index contributed by atoms with van der Waals surface area (Å²) in [6.45, 7) is 2.79. The van der Waals surface area contributed by atoms with Gasteiger partial charge in [0.05, 0.1) is 0 Å². The fraction of sp³-hybridized carbons (Fsp3) is 0.125. The molecule has 0 aromatic heterocycles. The van der Waals surface area contributed by atoms with Crippen molar-refractivity contribution in [3.63, 3.8) is 0 Å². The average Bonchev–Trinajstić information content (AvgIpc) is 2.33. The number of ether oxygens (including phenoxy) is 1. The lowest BCUT2D eigenvalue weighted by Crippen LogP contribution is -1.76. The maximum absolute atomic E-state index is 5.08. The normalized spacial score (nSPS) is 14.5. The lowest BCUT2D eigenvalue weighted by Gasteiger charge is -1.96. The Labute approximate surface area is 68.1 Å². The van der Waals surface area contributed by atoms with Gasteiger partial charge in [0, 0.05) is 10.9 Å². The Kier molecular flexibility index (Phi) is 1.42. The van der Waals surface area contributed by atoms with Gasteiger partial charge in [0.1, 0.15) is 5.75 Å². The summed E-state index contributed by atoms with van der Waals surface area (Å²) in [4.78, 5) is 0. The molecule has 0 N–H and O–H groups in total. The van der Waals surface area contributed by atoms with E-state index in [0.717, 1.165) is 16.6 Å². The van der Waals surface area contributed by atoms with Crippen LogP contribution in [0.15, 0.2) is 22.7 Å². The zero-order valence-electron chi connectivity index (χ0n) is 5.23. The first-order valence-electron chi connectivity index (χ1n) is 3.04. The van der Waals surface area contributed by atoms with E-state index < -0.39 is 0 Å². The molecule has 1 aliphatic rings. The van der Waals surface area contributed by atoms with Crippen LogP contribution in [0.3, 0.4) is 0 Å². The molecule has 0 bridgehead atoms. The van der Waals surface area contributed by atoms with E-state index in [1.807, 2.05) is 12.1 Å². The van der Waals surface area contributed by atoms with Crippen molar-refractivity contribution in [1.29, 1.82) is 0 Å². The van der Waals surface area contributed by atoms with Gasteiger partial charge in [-0.2, -0.15) is 0 Å². The van der Waals surface area contributed by atoms with Gasteiger partial charge in [-0.25, -0.2) is 0 Å². The fourth-order valence-electron chi connectivity index (χ4n) is 0.977. The Bertz CT molecular complexity index is 257. The van der Waals surface area contributed by atoms with Gasteiger partial charge in [-0.15, -0.1) is 0 Å². The molecule has 2 rings (SSSR count). The second-order valence-corrected chi connectivity index (χ2v) is 3.09. The summed E-state index contributed by atoms with van der Waals surface area (Å²) in [5.74, 6) is 0.934. The fourth-order valence-corrected chi connectivity index (χ4v) is 1.39. The molecule has 2 radical (unpaired) electrons. The van der Waals surface area contributed by atoms with E-state index in [4.69, 9.17) is 4.74 Å². The van der Waals surface area contributed by atoms with Crippen LogP contribution >= 0.6 is 15.9 Å². The van der Waals surface area contributed by atoms with Gasteiger partial charge in [-0.3, -0.25) is 0 Å². The van der Waals surface area contributed by atoms with Gasteiger partial charge in [0.25, 0.3) is 0 Å². The summed E-state index contributed by atoms with van der Waals surface area (Å²) < 4.78 is 6.18. The largest absolute Gasteiger partial charge is 0.478 e. The highest BCUT2D eigenvalue weighted by atomic mass is 79.9. The first-order chi connectivity index (χ1) is 4.86. The molecule has 1 aliphatic heterocycles. The molecule has 1 aromatic carbocycles. The Morgan fingerprint density at radius 2 is 2.40 bits per heavy atom. The summed E-state index contributed by atoms with van der Waals surface area (Å²) in [5, 5.41) is 0. The molecule has 0 amide bonds. The first-order valence-corrected chi connectivity index (χ1v) is 3.84. The number of rotatable bonds is 0. The molecular weight excluding hydrogens is 192 g/mol. The highest BCUT2D eigenvalue weighted by Gasteiger charge is 2.12. The third kappa shape index (κ3) is 0.926. The van der Waals surface area contributed by atoms with E-state index in [-0.39, 0.29) is 0 Å². The summed E-state index contributed by atoms with van der Waals surface area (Å²) in [7, 11) is 0. The molecule has 0 spiro atoms. The van der Waals surface area contributed by atoms with Crippen molar-refractivity contribution >= 4 is 15.9 Å². The Balaban J connectivity index is 2.52. The number of hydrogen-bond donors (Lipinski definition) is 0. The Morgan fingerprint density at radius 3 is 3.30 bits per heavy atom. The number of hydrogen-bond acceptors (Lipinski definition) is 1. The quantitative estimate of drug-likeness (QED) is 0.620. The maximum Gasteiger partial charge on any atom is 0.201 e. The van der Waals surface area contributed by atoms with Gasteiger partial charge in [0.2, 0.25) is 6.61 Å². The van der Waals surface area contributed by atoms with Gasteiger partial charge in [-0.05, 0) is 23.8 Å². The topological polar surface area (TPSA) is 9.23 Å². The summed E-state index contributed by atoms with van der Waals surface area (Å²) in [5.41, 5.74) is 1.20. The van der Waals surface area contributed by atoms with Crippen LogP contribution in [-0.4, -0.2) is 0 Å². The summed E-state index contributed by atoms with van der Waals surface area (Å²) in [6, 6.07) is 5.96. The van der Waals surface area contributed by atoms with Crippen molar-refractivity contribution in [1.82, 2.24) is 0 Å². The van der Waals surface area contributed by atoms with Crippen LogP contribution in [0.25, 0.3) is 0 Å². The van der Waals surface area contributed by atoms with Crippen molar-refractivity contribution in [3.05, 3.63) is 34.8 Å². The standard InChI is InChI=1S/C8H5BrO/c9-7-1-2-8-6(5-7)3-4-10-8/h1-2,5H,3H2. The number of benzene rings is 1. The summed E-state index contributed by atoms with van der Waals surface area (Å²) in [6.07, 6.45) is 0.800. The van der Waals surface area contributed by atoms with Crippen LogP contribution in [0.4, 0.5) is 0 Å². The molecular formula is C8H5BrO. The number of fused-ring (bicyclic) bond motifs is 1. The predicted octanol–water partition coefficient (Wildman–Crippen LogP) is 2.42. The molecule has 2 heteroatoms. The lowest BCUT2D eigenvalue weighted by molar-refractivity contribution is 0.435. The molecule has 10 heavy (non-hydrogen) atoms. The van der Waals surface area contributed by atoms with E-state index in [9.17, 15) is 0 Å². The van der Waals surface area contributed by atoms with Crippen molar-refractivity contribution in [2.45, 2.75) is 6.42 Å². The molecule has 0 saturated carbocycles. The van der Waals surface area contributed by atoms with Crippen LogP contribution < -0.4 is 4.74 Å². The molecule has 1 nitrogen and oxygen atoms in total.